The van der Waals surface area contributed by atoms with Crippen molar-refractivity contribution in [3.8, 4) is 0 Å². The first-order chi connectivity index (χ1) is 11.2. The van der Waals surface area contributed by atoms with Crippen molar-refractivity contribution in [2.24, 2.45) is 0 Å². The first kappa shape index (κ1) is 19.8. The molecule has 3 atom stereocenters. The van der Waals surface area contributed by atoms with E-state index in [1.807, 2.05) is 0 Å². The van der Waals surface area contributed by atoms with E-state index in [1.165, 1.54) is 0 Å². The van der Waals surface area contributed by atoms with Crippen LogP contribution in [-0.2, 0) is 17.5 Å². The molecule has 0 saturated carbocycles. The quantitative estimate of drug-likeness (QED) is 0.806. The Morgan fingerprint density at radius 3 is 2.24 bits per heavy atom. The third-order valence-corrected chi connectivity index (χ3v) is 3.77. The Kier molecular flexibility index (Phi) is 4.79. The lowest BCUT2D eigenvalue weighted by molar-refractivity contribution is -0.215. The van der Waals surface area contributed by atoms with Gasteiger partial charge in [0, 0.05) is 25.6 Å². The number of alkyl halides is 9. The van der Waals surface area contributed by atoms with Gasteiger partial charge in [0.1, 0.15) is 6.10 Å². The van der Waals surface area contributed by atoms with Gasteiger partial charge in [-0.05, 0) is 0 Å². The number of methoxy groups -OCH3 is 1. The van der Waals surface area contributed by atoms with Gasteiger partial charge < -0.3 is 9.84 Å². The van der Waals surface area contributed by atoms with Crippen LogP contribution in [0.2, 0.25) is 0 Å². The minimum Gasteiger partial charge on any atom is -0.382 e. The highest BCUT2D eigenvalue weighted by Gasteiger charge is 2.61. The summed E-state index contributed by atoms with van der Waals surface area (Å²) in [5, 5.41) is 12.2. The van der Waals surface area contributed by atoms with Crippen molar-refractivity contribution in [3.05, 3.63) is 17.0 Å². The van der Waals surface area contributed by atoms with E-state index in [0.29, 0.717) is 7.11 Å². The van der Waals surface area contributed by atoms with Gasteiger partial charge in [0.2, 0.25) is 6.17 Å². The number of hydrogen-bond acceptors (Lipinski definition) is 3. The highest BCUT2D eigenvalue weighted by Crippen LogP contribution is 2.55. The molecule has 0 aliphatic heterocycles. The molecule has 1 aliphatic rings. The largest absolute Gasteiger partial charge is 0.435 e. The van der Waals surface area contributed by atoms with Gasteiger partial charge in [0.05, 0.1) is 5.69 Å². The van der Waals surface area contributed by atoms with Crippen molar-refractivity contribution >= 4 is 0 Å². The lowest BCUT2D eigenvalue weighted by atomic mass is 10.1. The van der Waals surface area contributed by atoms with Gasteiger partial charge in [-0.1, -0.05) is 0 Å². The number of fused-ring (bicyclic) bond motifs is 1. The summed E-state index contributed by atoms with van der Waals surface area (Å²) in [7, 11) is 0.697. The van der Waals surface area contributed by atoms with E-state index in [9.17, 15) is 44.6 Å². The Labute approximate surface area is 134 Å². The number of aromatic nitrogens is 2. The summed E-state index contributed by atoms with van der Waals surface area (Å²) in [5.41, 5.74) is -4.72. The summed E-state index contributed by atoms with van der Waals surface area (Å²) in [4.78, 5) is 0. The standard InChI is InChI=1S/C12H11F9N2O2/c1-25-4(11(16,17)18)2-3-23-6-5(8(22-23)12(19,20)21)9(24)10(14,15)7(6)13/h4,7,9,24H,2-3H2,1H3/t4?,7-,9-/m0/s1. The van der Waals surface area contributed by atoms with E-state index in [1.54, 1.807) is 0 Å². The maximum absolute atomic E-state index is 13.9. The monoisotopic (exact) mass is 386 g/mol. The Morgan fingerprint density at radius 2 is 1.80 bits per heavy atom. The molecule has 13 heteroatoms. The van der Waals surface area contributed by atoms with E-state index >= 15 is 0 Å². The van der Waals surface area contributed by atoms with Gasteiger partial charge in [0.25, 0.3) is 0 Å². The third-order valence-electron chi connectivity index (χ3n) is 3.77. The lowest BCUT2D eigenvalue weighted by Gasteiger charge is -2.20. The zero-order valence-electron chi connectivity index (χ0n) is 12.3. The molecule has 0 fully saturated rings. The first-order valence-electron chi connectivity index (χ1n) is 6.70. The average Bonchev–Trinajstić information content (AvgIpc) is 2.90. The molecule has 0 spiro atoms. The minimum atomic E-state index is -5.30. The molecule has 1 unspecified atom stereocenters. The van der Waals surface area contributed by atoms with Crippen LogP contribution in [0.5, 0.6) is 0 Å². The summed E-state index contributed by atoms with van der Waals surface area (Å²) in [5.74, 6) is -4.56. The van der Waals surface area contributed by atoms with Crippen molar-refractivity contribution in [1.82, 2.24) is 9.78 Å². The van der Waals surface area contributed by atoms with Crippen LogP contribution in [0.1, 0.15) is 35.6 Å². The summed E-state index contributed by atoms with van der Waals surface area (Å²) in [6, 6.07) is 0. The molecule has 4 nitrogen and oxygen atoms in total. The van der Waals surface area contributed by atoms with Gasteiger partial charge in [-0.25, -0.2) is 4.39 Å². The van der Waals surface area contributed by atoms with Crippen LogP contribution in [-0.4, -0.2) is 40.2 Å². The number of aliphatic hydroxyl groups is 1. The average molecular weight is 386 g/mol. The second-order valence-electron chi connectivity index (χ2n) is 5.36. The Bertz CT molecular complexity index is 638. The number of halogens is 9. The molecule has 144 valence electrons. The Hall–Kier alpha value is -1.50. The molecule has 1 aliphatic carbocycles. The number of ether oxygens (including phenoxy) is 1. The van der Waals surface area contributed by atoms with Crippen LogP contribution in [0.25, 0.3) is 0 Å². The fraction of sp³-hybridized carbons (Fsp3) is 0.750. The highest BCUT2D eigenvalue weighted by atomic mass is 19.4. The number of nitrogens with zero attached hydrogens (tertiary/aromatic N) is 2. The van der Waals surface area contributed by atoms with E-state index in [4.69, 9.17) is 0 Å². The van der Waals surface area contributed by atoms with Crippen LogP contribution >= 0.6 is 0 Å². The number of rotatable bonds is 4. The van der Waals surface area contributed by atoms with Gasteiger partial charge in [0.15, 0.2) is 11.8 Å². The molecule has 1 N–H and O–H groups in total. The summed E-state index contributed by atoms with van der Waals surface area (Å²) >= 11 is 0. The molecule has 0 aromatic carbocycles. The minimum absolute atomic E-state index is 0.0741. The first-order valence-corrected chi connectivity index (χ1v) is 6.70. The summed E-state index contributed by atoms with van der Waals surface area (Å²) < 4.78 is 122. The van der Waals surface area contributed by atoms with Gasteiger partial charge in [-0.3, -0.25) is 4.68 Å². The zero-order valence-corrected chi connectivity index (χ0v) is 12.3. The molecule has 0 saturated heterocycles. The fourth-order valence-electron chi connectivity index (χ4n) is 2.57. The van der Waals surface area contributed by atoms with Crippen LogP contribution < -0.4 is 0 Å². The van der Waals surface area contributed by atoms with Crippen LogP contribution in [0.15, 0.2) is 0 Å². The second kappa shape index (κ2) is 6.04. The molecule has 0 bridgehead atoms. The number of aliphatic hydroxyl groups excluding tert-OH is 1. The van der Waals surface area contributed by atoms with Crippen LogP contribution in [0.3, 0.4) is 0 Å². The Balaban J connectivity index is 2.44. The van der Waals surface area contributed by atoms with Gasteiger partial charge >= 0.3 is 18.3 Å². The van der Waals surface area contributed by atoms with E-state index in [-0.39, 0.29) is 4.68 Å². The van der Waals surface area contributed by atoms with Crippen molar-refractivity contribution in [1.29, 1.82) is 0 Å². The van der Waals surface area contributed by atoms with E-state index < -0.39 is 66.6 Å². The third kappa shape index (κ3) is 3.30. The maximum atomic E-state index is 13.9. The number of aryl methyl sites for hydroxylation is 1. The molecule has 1 aromatic rings. The van der Waals surface area contributed by atoms with Crippen LogP contribution in [0.4, 0.5) is 39.5 Å². The predicted molar refractivity (Wildman–Crippen MR) is 62.5 cm³/mol. The highest BCUT2D eigenvalue weighted by molar-refractivity contribution is 5.40. The van der Waals surface area contributed by atoms with E-state index in [2.05, 4.69) is 9.84 Å². The number of hydrogen-bond donors (Lipinski definition) is 1. The predicted octanol–water partition coefficient (Wildman–Crippen LogP) is 3.56. The molecule has 0 amide bonds. The molecule has 1 heterocycles. The second-order valence-corrected chi connectivity index (χ2v) is 5.36. The van der Waals surface area contributed by atoms with Crippen molar-refractivity contribution in [2.45, 2.75) is 49.6 Å². The van der Waals surface area contributed by atoms with Crippen molar-refractivity contribution < 1.29 is 49.4 Å². The molecular weight excluding hydrogens is 375 g/mol. The SMILES string of the molecule is COC(CCn1nc(C(F)(F)F)c2c1[C@H](F)C(F)(F)[C@H]2O)C(F)(F)F. The lowest BCUT2D eigenvalue weighted by Crippen LogP contribution is -2.32. The molecular formula is C12H11F9N2O2. The van der Waals surface area contributed by atoms with Crippen molar-refractivity contribution in [2.75, 3.05) is 7.11 Å². The molecule has 2 rings (SSSR count). The normalized spacial score (nSPS) is 24.4. The van der Waals surface area contributed by atoms with Crippen LogP contribution in [0, 0.1) is 0 Å². The van der Waals surface area contributed by atoms with E-state index in [0.717, 1.165) is 0 Å². The van der Waals surface area contributed by atoms with Gasteiger partial charge in [-0.15, -0.1) is 0 Å². The molecule has 25 heavy (non-hydrogen) atoms. The zero-order chi connectivity index (χ0) is 19.4. The molecule has 1 aromatic heterocycles. The molecule has 0 radical (unpaired) electrons. The Morgan fingerprint density at radius 1 is 1.24 bits per heavy atom. The topological polar surface area (TPSA) is 47.3 Å². The summed E-state index contributed by atoms with van der Waals surface area (Å²) in [6.07, 6.45) is -20.0. The smallest absolute Gasteiger partial charge is 0.382 e. The maximum Gasteiger partial charge on any atom is 0.435 e. The fourth-order valence-corrected chi connectivity index (χ4v) is 2.57. The van der Waals surface area contributed by atoms with Gasteiger partial charge in [-0.2, -0.15) is 40.2 Å². The summed E-state index contributed by atoms with van der Waals surface area (Å²) in [6.45, 7) is -0.973. The van der Waals surface area contributed by atoms with Crippen molar-refractivity contribution in [3.63, 3.8) is 0 Å².